The Bertz CT molecular complexity index is 678. The van der Waals surface area contributed by atoms with Crippen LogP contribution < -0.4 is 9.46 Å². The van der Waals surface area contributed by atoms with E-state index in [1.54, 1.807) is 24.6 Å². The summed E-state index contributed by atoms with van der Waals surface area (Å²) in [7, 11) is -1.91. The van der Waals surface area contributed by atoms with Gasteiger partial charge in [0.1, 0.15) is 9.96 Å². The summed E-state index contributed by atoms with van der Waals surface area (Å²) >= 11 is 1.20. The Morgan fingerprint density at radius 2 is 2.05 bits per heavy atom. The molecule has 0 amide bonds. The third-order valence-electron chi connectivity index (χ3n) is 2.94. The van der Waals surface area contributed by atoms with E-state index in [1.807, 2.05) is 32.0 Å². The number of thiophene rings is 1. The molecule has 1 heterocycles. The van der Waals surface area contributed by atoms with Crippen LogP contribution in [0.15, 0.2) is 39.9 Å². The van der Waals surface area contributed by atoms with E-state index in [-0.39, 0.29) is 6.04 Å². The minimum atomic E-state index is -3.49. The molecule has 0 aliphatic carbocycles. The van der Waals surface area contributed by atoms with Crippen molar-refractivity contribution in [3.63, 3.8) is 0 Å². The summed E-state index contributed by atoms with van der Waals surface area (Å²) in [4.78, 5) is 0. The van der Waals surface area contributed by atoms with Crippen molar-refractivity contribution >= 4 is 21.4 Å². The zero-order valence-electron chi connectivity index (χ0n) is 11.6. The molecule has 2 rings (SSSR count). The summed E-state index contributed by atoms with van der Waals surface area (Å²) in [6.07, 6.45) is 0. The second-order valence-electron chi connectivity index (χ2n) is 4.52. The van der Waals surface area contributed by atoms with Gasteiger partial charge in [-0.2, -0.15) is 0 Å². The van der Waals surface area contributed by atoms with E-state index in [0.717, 1.165) is 11.1 Å². The van der Waals surface area contributed by atoms with Gasteiger partial charge in [-0.1, -0.05) is 23.8 Å². The van der Waals surface area contributed by atoms with E-state index in [1.165, 1.54) is 11.3 Å². The lowest BCUT2D eigenvalue weighted by Gasteiger charge is -2.17. The zero-order chi connectivity index (χ0) is 14.8. The van der Waals surface area contributed by atoms with E-state index in [0.29, 0.717) is 9.96 Å². The molecular weight excluding hydrogens is 294 g/mol. The molecule has 0 aliphatic heterocycles. The molecule has 108 valence electrons. The van der Waals surface area contributed by atoms with Gasteiger partial charge in [-0.25, -0.2) is 13.1 Å². The maximum absolute atomic E-state index is 12.2. The Morgan fingerprint density at radius 1 is 1.30 bits per heavy atom. The number of hydrogen-bond acceptors (Lipinski definition) is 4. The molecular formula is C14H17NO3S2. The number of sulfonamides is 1. The van der Waals surface area contributed by atoms with Gasteiger partial charge in [0, 0.05) is 11.6 Å². The first-order chi connectivity index (χ1) is 9.44. The van der Waals surface area contributed by atoms with Gasteiger partial charge in [0.2, 0.25) is 0 Å². The van der Waals surface area contributed by atoms with Crippen LogP contribution in [0, 0.1) is 6.92 Å². The Balaban J connectivity index is 2.29. The molecule has 0 fully saturated rings. The molecule has 1 atom stereocenters. The monoisotopic (exact) mass is 311 g/mol. The van der Waals surface area contributed by atoms with Crippen LogP contribution in [0.1, 0.15) is 24.1 Å². The van der Waals surface area contributed by atoms with Crippen LogP contribution in [0.2, 0.25) is 0 Å². The number of rotatable bonds is 5. The van der Waals surface area contributed by atoms with Gasteiger partial charge in [-0.05, 0) is 31.4 Å². The highest BCUT2D eigenvalue weighted by Crippen LogP contribution is 2.28. The van der Waals surface area contributed by atoms with Gasteiger partial charge >= 0.3 is 0 Å². The van der Waals surface area contributed by atoms with E-state index in [2.05, 4.69) is 4.72 Å². The van der Waals surface area contributed by atoms with Gasteiger partial charge in [-0.3, -0.25) is 0 Å². The van der Waals surface area contributed by atoms with Crippen molar-refractivity contribution < 1.29 is 13.2 Å². The second-order valence-corrected chi connectivity index (χ2v) is 7.41. The maximum atomic E-state index is 12.2. The zero-order valence-corrected chi connectivity index (χ0v) is 13.2. The molecule has 1 aromatic heterocycles. The normalized spacial score (nSPS) is 13.2. The van der Waals surface area contributed by atoms with Crippen LogP contribution in [0.25, 0.3) is 0 Å². The van der Waals surface area contributed by atoms with Crippen LogP contribution in [0.4, 0.5) is 0 Å². The number of aryl methyl sites for hydroxylation is 1. The number of ether oxygens (including phenoxy) is 1. The molecule has 2 aromatic rings. The van der Waals surface area contributed by atoms with Crippen molar-refractivity contribution in [1.82, 2.24) is 4.72 Å². The number of nitrogens with one attached hydrogen (secondary N) is 1. The van der Waals surface area contributed by atoms with Crippen molar-refractivity contribution in [2.24, 2.45) is 0 Å². The summed E-state index contributed by atoms with van der Waals surface area (Å²) in [5.74, 6) is 0.678. The topological polar surface area (TPSA) is 55.4 Å². The standard InChI is InChI=1S/C14H17NO3S2/c1-10-6-7-13(18-3)12(9-10)11(2)15-20(16,17)14-5-4-8-19-14/h4-9,11,15H,1-3H3. The molecule has 20 heavy (non-hydrogen) atoms. The minimum absolute atomic E-state index is 0.316. The van der Waals surface area contributed by atoms with Crippen LogP contribution in [0.3, 0.4) is 0 Å². The maximum Gasteiger partial charge on any atom is 0.250 e. The van der Waals surface area contributed by atoms with Crippen molar-refractivity contribution in [2.75, 3.05) is 7.11 Å². The van der Waals surface area contributed by atoms with Crippen molar-refractivity contribution in [2.45, 2.75) is 24.1 Å². The molecule has 1 N–H and O–H groups in total. The van der Waals surface area contributed by atoms with Gasteiger partial charge in [-0.15, -0.1) is 11.3 Å². The predicted octanol–water partition coefficient (Wildman–Crippen LogP) is 3.10. The lowest BCUT2D eigenvalue weighted by Crippen LogP contribution is -2.26. The second kappa shape index (κ2) is 5.95. The van der Waals surface area contributed by atoms with Crippen LogP contribution in [0.5, 0.6) is 5.75 Å². The van der Waals surface area contributed by atoms with E-state index >= 15 is 0 Å². The third kappa shape index (κ3) is 3.20. The van der Waals surface area contributed by atoms with Crippen molar-refractivity contribution in [3.05, 3.63) is 46.8 Å². The van der Waals surface area contributed by atoms with Gasteiger partial charge in [0.15, 0.2) is 0 Å². The number of hydrogen-bond donors (Lipinski definition) is 1. The summed E-state index contributed by atoms with van der Waals surface area (Å²) in [5.41, 5.74) is 1.88. The highest BCUT2D eigenvalue weighted by atomic mass is 32.2. The quantitative estimate of drug-likeness (QED) is 0.923. The summed E-state index contributed by atoms with van der Waals surface area (Å²) in [6.45, 7) is 3.77. The SMILES string of the molecule is COc1ccc(C)cc1C(C)NS(=O)(=O)c1cccs1. The van der Waals surface area contributed by atoms with Crippen molar-refractivity contribution in [3.8, 4) is 5.75 Å². The number of benzene rings is 1. The van der Waals surface area contributed by atoms with E-state index < -0.39 is 10.0 Å². The van der Waals surface area contributed by atoms with Gasteiger partial charge < -0.3 is 4.74 Å². The molecule has 0 aliphatic rings. The highest BCUT2D eigenvalue weighted by molar-refractivity contribution is 7.91. The average Bonchev–Trinajstić information content (AvgIpc) is 2.92. The molecule has 0 spiro atoms. The smallest absolute Gasteiger partial charge is 0.250 e. The largest absolute Gasteiger partial charge is 0.496 e. The Morgan fingerprint density at radius 3 is 2.65 bits per heavy atom. The predicted molar refractivity (Wildman–Crippen MR) is 80.8 cm³/mol. The fourth-order valence-electron chi connectivity index (χ4n) is 1.96. The Kier molecular flexibility index (Phi) is 4.47. The molecule has 0 saturated carbocycles. The third-order valence-corrected chi connectivity index (χ3v) is 5.88. The molecule has 1 unspecified atom stereocenters. The van der Waals surface area contributed by atoms with E-state index in [4.69, 9.17) is 4.74 Å². The molecule has 4 nitrogen and oxygen atoms in total. The summed E-state index contributed by atoms with van der Waals surface area (Å²) in [5, 5.41) is 1.74. The van der Waals surface area contributed by atoms with Gasteiger partial charge in [0.05, 0.1) is 7.11 Å². The molecule has 1 aromatic carbocycles. The minimum Gasteiger partial charge on any atom is -0.496 e. The Labute approximate surface area is 123 Å². The van der Waals surface area contributed by atoms with Gasteiger partial charge in [0.25, 0.3) is 10.0 Å². The molecule has 0 radical (unpaired) electrons. The summed E-state index contributed by atoms with van der Waals surface area (Å²) < 4.78 is 32.7. The first-order valence-corrected chi connectivity index (χ1v) is 8.50. The van der Waals surface area contributed by atoms with Crippen molar-refractivity contribution in [1.29, 1.82) is 0 Å². The molecule has 6 heteroatoms. The fourth-order valence-corrected chi connectivity index (χ4v) is 4.20. The molecule has 0 saturated heterocycles. The molecule has 0 bridgehead atoms. The fraction of sp³-hybridized carbons (Fsp3) is 0.286. The first kappa shape index (κ1) is 15.0. The average molecular weight is 311 g/mol. The lowest BCUT2D eigenvalue weighted by molar-refractivity contribution is 0.405. The van der Waals surface area contributed by atoms with E-state index in [9.17, 15) is 8.42 Å². The van der Waals surface area contributed by atoms with Crippen LogP contribution in [-0.2, 0) is 10.0 Å². The highest BCUT2D eigenvalue weighted by Gasteiger charge is 2.21. The summed E-state index contributed by atoms with van der Waals surface area (Å²) in [6, 6.07) is 8.66. The van der Waals surface area contributed by atoms with Crippen LogP contribution in [-0.4, -0.2) is 15.5 Å². The lowest BCUT2D eigenvalue weighted by atomic mass is 10.1. The Hall–Kier alpha value is -1.37. The number of methoxy groups -OCH3 is 1. The first-order valence-electron chi connectivity index (χ1n) is 6.14. The van der Waals surface area contributed by atoms with Crippen LogP contribution >= 0.6 is 11.3 Å².